The average molecular weight is 336 g/mol. The van der Waals surface area contributed by atoms with Crippen molar-refractivity contribution in [2.24, 2.45) is 0 Å². The van der Waals surface area contributed by atoms with Gasteiger partial charge in [0.05, 0.1) is 10.4 Å². The van der Waals surface area contributed by atoms with Crippen molar-refractivity contribution in [3.63, 3.8) is 0 Å². The molecule has 0 aliphatic rings. The molecule has 0 unspecified atom stereocenters. The number of imide groups is 1. The number of amides is 3. The van der Waals surface area contributed by atoms with E-state index in [0.717, 1.165) is 10.6 Å². The van der Waals surface area contributed by atoms with Crippen LogP contribution >= 0.6 is 0 Å². The van der Waals surface area contributed by atoms with Gasteiger partial charge in [0.2, 0.25) is 5.91 Å². The summed E-state index contributed by atoms with van der Waals surface area (Å²) in [6.45, 7) is 4.71. The number of carbonyl (C=O) groups is 2. The second-order valence-corrected chi connectivity index (χ2v) is 6.12. The Kier molecular flexibility index (Phi) is 4.40. The second kappa shape index (κ2) is 6.14. The molecule has 0 saturated carbocycles. The third-order valence-electron chi connectivity index (χ3n) is 2.90. The molecule has 1 heterocycles. The maximum absolute atomic E-state index is 11.9. The number of nitro benzene ring substituents is 1. The zero-order valence-corrected chi connectivity index (χ0v) is 13.3. The number of nitro groups is 1. The van der Waals surface area contributed by atoms with Crippen molar-refractivity contribution < 1.29 is 18.9 Å². The number of fused-ring (bicyclic) bond motifs is 1. The summed E-state index contributed by atoms with van der Waals surface area (Å²) in [5, 5.41) is 15.4. The van der Waals surface area contributed by atoms with Gasteiger partial charge in [-0.25, -0.2) is 9.59 Å². The molecule has 1 aromatic carbocycles. The van der Waals surface area contributed by atoms with Gasteiger partial charge in [-0.2, -0.15) is 0 Å². The lowest BCUT2D eigenvalue weighted by atomic mass is 10.1. The predicted octanol–water partition coefficient (Wildman–Crippen LogP) is 1.13. The molecule has 2 rings (SSSR count). The molecule has 0 aliphatic carbocycles. The maximum atomic E-state index is 11.9. The van der Waals surface area contributed by atoms with Gasteiger partial charge in [-0.3, -0.25) is 24.8 Å². The van der Waals surface area contributed by atoms with Crippen LogP contribution < -0.4 is 16.4 Å². The molecule has 10 heteroatoms. The quantitative estimate of drug-likeness (QED) is 0.637. The molecular formula is C14H16N4O6. The van der Waals surface area contributed by atoms with Crippen LogP contribution in [0.3, 0.4) is 0 Å². The van der Waals surface area contributed by atoms with Crippen molar-refractivity contribution in [2.45, 2.75) is 32.9 Å². The molecule has 0 atom stereocenters. The highest BCUT2D eigenvalue weighted by Gasteiger charge is 2.19. The summed E-state index contributed by atoms with van der Waals surface area (Å²) in [7, 11) is 0. The predicted molar refractivity (Wildman–Crippen MR) is 83.6 cm³/mol. The van der Waals surface area contributed by atoms with E-state index in [4.69, 9.17) is 4.42 Å². The van der Waals surface area contributed by atoms with E-state index in [9.17, 15) is 24.5 Å². The van der Waals surface area contributed by atoms with Crippen LogP contribution in [0.1, 0.15) is 20.8 Å². The summed E-state index contributed by atoms with van der Waals surface area (Å²) >= 11 is 0. The Morgan fingerprint density at radius 2 is 2.00 bits per heavy atom. The molecule has 1 aromatic heterocycles. The van der Waals surface area contributed by atoms with E-state index in [-0.39, 0.29) is 16.8 Å². The monoisotopic (exact) mass is 336 g/mol. The minimum atomic E-state index is -0.850. The summed E-state index contributed by atoms with van der Waals surface area (Å²) in [6, 6.07) is 2.88. The van der Waals surface area contributed by atoms with Crippen LogP contribution in [0.4, 0.5) is 10.5 Å². The fourth-order valence-electron chi connectivity index (χ4n) is 2.00. The highest BCUT2D eigenvalue weighted by atomic mass is 16.6. The minimum absolute atomic E-state index is 0.0978. The average Bonchev–Trinajstić information content (AvgIpc) is 2.72. The van der Waals surface area contributed by atoms with Gasteiger partial charge >= 0.3 is 11.8 Å². The van der Waals surface area contributed by atoms with E-state index in [1.54, 1.807) is 20.8 Å². The first-order valence-electron chi connectivity index (χ1n) is 6.96. The normalized spacial score (nSPS) is 11.3. The molecule has 10 nitrogen and oxygen atoms in total. The number of hydrogen-bond donors (Lipinski definition) is 2. The third kappa shape index (κ3) is 3.97. The molecule has 0 spiro atoms. The molecule has 2 aromatic rings. The van der Waals surface area contributed by atoms with E-state index < -0.39 is 34.7 Å². The molecule has 0 saturated heterocycles. The highest BCUT2D eigenvalue weighted by molar-refractivity contribution is 5.94. The van der Waals surface area contributed by atoms with Gasteiger partial charge in [0.15, 0.2) is 5.58 Å². The lowest BCUT2D eigenvalue weighted by Gasteiger charge is -2.20. The fraction of sp³-hybridized carbons (Fsp3) is 0.357. The van der Waals surface area contributed by atoms with Crippen molar-refractivity contribution in [1.29, 1.82) is 0 Å². The molecule has 24 heavy (non-hydrogen) atoms. The largest absolute Gasteiger partial charge is 0.420 e. The standard InChI is InChI=1S/C14H16N4O6/c1-14(2,3)16-12(20)15-11(19)7-17-9-6-8(18(22)23)4-5-10(9)24-13(17)21/h4-6H,7H2,1-3H3,(H2,15,16,19,20). The van der Waals surface area contributed by atoms with Gasteiger partial charge in [0.25, 0.3) is 5.69 Å². The van der Waals surface area contributed by atoms with E-state index in [0.29, 0.717) is 0 Å². The van der Waals surface area contributed by atoms with E-state index >= 15 is 0 Å². The van der Waals surface area contributed by atoms with Crippen molar-refractivity contribution in [3.05, 3.63) is 38.9 Å². The van der Waals surface area contributed by atoms with Gasteiger partial charge in [0, 0.05) is 17.7 Å². The van der Waals surface area contributed by atoms with E-state index in [1.807, 2.05) is 0 Å². The van der Waals surface area contributed by atoms with Crippen LogP contribution in [0.2, 0.25) is 0 Å². The topological polar surface area (TPSA) is 136 Å². The number of nitrogens with one attached hydrogen (secondary N) is 2. The number of hydrogen-bond acceptors (Lipinski definition) is 6. The van der Waals surface area contributed by atoms with Crippen LogP contribution in [0.15, 0.2) is 27.4 Å². The van der Waals surface area contributed by atoms with Crippen LogP contribution in [0.25, 0.3) is 11.1 Å². The second-order valence-electron chi connectivity index (χ2n) is 6.12. The lowest BCUT2D eigenvalue weighted by molar-refractivity contribution is -0.384. The Morgan fingerprint density at radius 1 is 1.33 bits per heavy atom. The van der Waals surface area contributed by atoms with Gasteiger partial charge in [-0.1, -0.05) is 0 Å². The first kappa shape index (κ1) is 17.2. The number of rotatable bonds is 3. The Balaban J connectivity index is 2.23. The molecule has 0 radical (unpaired) electrons. The number of nitrogens with zero attached hydrogens (tertiary/aromatic N) is 2. The van der Waals surface area contributed by atoms with Crippen molar-refractivity contribution in [3.8, 4) is 0 Å². The van der Waals surface area contributed by atoms with E-state index in [1.165, 1.54) is 12.1 Å². The molecule has 3 amide bonds. The Morgan fingerprint density at radius 3 is 2.58 bits per heavy atom. The maximum Gasteiger partial charge on any atom is 0.420 e. The first-order chi connectivity index (χ1) is 11.1. The molecular weight excluding hydrogens is 320 g/mol. The summed E-state index contributed by atoms with van der Waals surface area (Å²) in [5.74, 6) is -1.61. The minimum Gasteiger partial charge on any atom is -0.408 e. The number of carbonyl (C=O) groups excluding carboxylic acids is 2. The number of oxazole rings is 1. The van der Waals surface area contributed by atoms with Crippen LogP contribution in [-0.2, 0) is 11.3 Å². The van der Waals surface area contributed by atoms with Crippen molar-refractivity contribution >= 4 is 28.7 Å². The van der Waals surface area contributed by atoms with Crippen LogP contribution in [0, 0.1) is 10.1 Å². The lowest BCUT2D eigenvalue weighted by Crippen LogP contribution is -2.49. The smallest absolute Gasteiger partial charge is 0.408 e. The van der Waals surface area contributed by atoms with Crippen molar-refractivity contribution in [2.75, 3.05) is 0 Å². The Labute approximate surface area is 135 Å². The van der Waals surface area contributed by atoms with Gasteiger partial charge in [-0.05, 0) is 26.8 Å². The number of non-ortho nitro benzene ring substituents is 1. The van der Waals surface area contributed by atoms with Crippen LogP contribution in [0.5, 0.6) is 0 Å². The van der Waals surface area contributed by atoms with Gasteiger partial charge in [-0.15, -0.1) is 0 Å². The molecule has 2 N–H and O–H groups in total. The molecule has 0 aliphatic heterocycles. The Hall–Kier alpha value is -3.17. The molecule has 0 bridgehead atoms. The summed E-state index contributed by atoms with van der Waals surface area (Å²) in [6.07, 6.45) is 0. The summed E-state index contributed by atoms with van der Waals surface area (Å²) in [4.78, 5) is 45.6. The zero-order chi connectivity index (χ0) is 18.1. The molecule has 0 fully saturated rings. The number of aromatic nitrogens is 1. The summed E-state index contributed by atoms with van der Waals surface area (Å²) < 4.78 is 5.84. The highest BCUT2D eigenvalue weighted by Crippen LogP contribution is 2.19. The number of urea groups is 1. The summed E-state index contributed by atoms with van der Waals surface area (Å²) in [5.41, 5.74) is -0.578. The fourth-order valence-corrected chi connectivity index (χ4v) is 2.00. The van der Waals surface area contributed by atoms with Gasteiger partial charge < -0.3 is 9.73 Å². The van der Waals surface area contributed by atoms with E-state index in [2.05, 4.69) is 10.6 Å². The number of benzene rings is 1. The Bertz CT molecular complexity index is 873. The first-order valence-corrected chi connectivity index (χ1v) is 6.96. The zero-order valence-electron chi connectivity index (χ0n) is 13.3. The van der Waals surface area contributed by atoms with Crippen molar-refractivity contribution in [1.82, 2.24) is 15.2 Å². The molecule has 128 valence electrons. The third-order valence-corrected chi connectivity index (χ3v) is 2.90. The SMILES string of the molecule is CC(C)(C)NC(=O)NC(=O)Cn1c(=O)oc2ccc([N+](=O)[O-])cc21. The van der Waals surface area contributed by atoms with Crippen LogP contribution in [-0.4, -0.2) is 27.0 Å². The van der Waals surface area contributed by atoms with Gasteiger partial charge in [0.1, 0.15) is 6.54 Å².